The number of nitrogens with zero attached hydrogens (tertiary/aromatic N) is 4. The van der Waals surface area contributed by atoms with Crippen LogP contribution in [0, 0.1) is 0 Å². The van der Waals surface area contributed by atoms with E-state index in [0.717, 1.165) is 52.1 Å². The first kappa shape index (κ1) is 37.5. The summed E-state index contributed by atoms with van der Waals surface area (Å²) in [5, 5.41) is 3.76. The third kappa shape index (κ3) is 5.91. The summed E-state index contributed by atoms with van der Waals surface area (Å²) in [6.07, 6.45) is 6.74. The van der Waals surface area contributed by atoms with E-state index in [9.17, 15) is 0 Å². The molecule has 0 radical (unpaired) electrons. The Morgan fingerprint density at radius 1 is 0.431 bits per heavy atom. The Hall–Kier alpha value is -8.08. The summed E-state index contributed by atoms with van der Waals surface area (Å²) < 4.78 is 4.93. The predicted molar refractivity (Wildman–Crippen MR) is 270 cm³/mol. The van der Waals surface area contributed by atoms with Crippen LogP contribution in [0.2, 0.25) is 0 Å². The summed E-state index contributed by atoms with van der Waals surface area (Å²) in [5.41, 5.74) is 21.1. The van der Waals surface area contributed by atoms with Gasteiger partial charge < -0.3 is 9.13 Å². The number of fused-ring (bicyclic) bond motifs is 9. The van der Waals surface area contributed by atoms with Gasteiger partial charge in [-0.2, -0.15) is 0 Å². The Morgan fingerprint density at radius 3 is 1.75 bits per heavy atom. The van der Waals surface area contributed by atoms with Crippen molar-refractivity contribution in [1.82, 2.24) is 19.1 Å². The van der Waals surface area contributed by atoms with Crippen molar-refractivity contribution in [2.24, 2.45) is 0 Å². The quantitative estimate of drug-likeness (QED) is 0.167. The first-order chi connectivity index (χ1) is 32.0. The Bertz CT molecular complexity index is 3660. The molecule has 0 saturated heterocycles. The highest BCUT2D eigenvalue weighted by Crippen LogP contribution is 2.51. The van der Waals surface area contributed by atoms with Gasteiger partial charge in [0.1, 0.15) is 0 Å². The molecular formula is C61H44N4. The number of benzene rings is 8. The highest BCUT2D eigenvalue weighted by Gasteiger charge is 2.36. The van der Waals surface area contributed by atoms with Crippen LogP contribution in [0.15, 0.2) is 200 Å². The third-order valence-electron chi connectivity index (χ3n) is 14.0. The van der Waals surface area contributed by atoms with Gasteiger partial charge >= 0.3 is 0 Å². The highest BCUT2D eigenvalue weighted by atomic mass is 15.0. The van der Waals surface area contributed by atoms with E-state index >= 15 is 0 Å². The van der Waals surface area contributed by atoms with E-state index in [-0.39, 0.29) is 5.41 Å². The second-order valence-corrected chi connectivity index (χ2v) is 18.1. The molecule has 0 N–H and O–H groups in total. The summed E-state index contributed by atoms with van der Waals surface area (Å²) in [7, 11) is 0. The maximum Gasteiger partial charge on any atom is 0.160 e. The number of para-hydroxylation sites is 1. The van der Waals surface area contributed by atoms with E-state index in [1.54, 1.807) is 0 Å². The van der Waals surface area contributed by atoms with E-state index in [1.165, 1.54) is 77.5 Å². The first-order valence-electron chi connectivity index (χ1n) is 22.7. The second kappa shape index (κ2) is 14.5. The molecule has 0 bridgehead atoms. The van der Waals surface area contributed by atoms with Gasteiger partial charge in [0.05, 0.1) is 27.9 Å². The maximum atomic E-state index is 5.22. The van der Waals surface area contributed by atoms with Gasteiger partial charge in [-0.05, 0) is 113 Å². The molecule has 11 aromatic rings. The van der Waals surface area contributed by atoms with Crippen molar-refractivity contribution < 1.29 is 0 Å². The lowest BCUT2D eigenvalue weighted by Crippen LogP contribution is -2.14. The molecule has 0 spiro atoms. The summed E-state index contributed by atoms with van der Waals surface area (Å²) in [6.45, 7) is 4.73. The molecular weight excluding hydrogens is 789 g/mol. The van der Waals surface area contributed by atoms with Crippen molar-refractivity contribution in [3.63, 3.8) is 0 Å². The topological polar surface area (TPSA) is 35.6 Å². The highest BCUT2D eigenvalue weighted by molar-refractivity contribution is 6.13. The molecule has 3 aromatic heterocycles. The van der Waals surface area contributed by atoms with Crippen LogP contribution in [-0.2, 0) is 11.8 Å². The zero-order valence-corrected chi connectivity index (χ0v) is 36.3. The van der Waals surface area contributed by atoms with Crippen LogP contribution in [0.25, 0.3) is 106 Å². The van der Waals surface area contributed by atoms with Crippen molar-refractivity contribution >= 4 is 38.8 Å². The number of rotatable bonds is 6. The number of hydrogen-bond donors (Lipinski definition) is 0. The molecule has 8 aromatic carbocycles. The van der Waals surface area contributed by atoms with Gasteiger partial charge in [-0.3, -0.25) is 0 Å². The molecule has 4 heteroatoms. The summed E-state index contributed by atoms with van der Waals surface area (Å²) in [6, 6.07) is 70.5. The third-order valence-corrected chi connectivity index (χ3v) is 14.0. The molecule has 2 aliphatic carbocycles. The molecule has 65 heavy (non-hydrogen) atoms. The second-order valence-electron chi connectivity index (χ2n) is 18.1. The summed E-state index contributed by atoms with van der Waals surface area (Å²) in [4.78, 5) is 10.4. The Morgan fingerprint density at radius 2 is 1.03 bits per heavy atom. The number of aromatic nitrogens is 4. The van der Waals surface area contributed by atoms with Crippen molar-refractivity contribution in [3.8, 4) is 67.5 Å². The normalized spacial score (nSPS) is 13.6. The van der Waals surface area contributed by atoms with Crippen LogP contribution >= 0.6 is 0 Å². The van der Waals surface area contributed by atoms with Gasteiger partial charge in [-0.15, -0.1) is 0 Å². The fourth-order valence-electron chi connectivity index (χ4n) is 10.8. The molecule has 0 aliphatic heterocycles. The lowest BCUT2D eigenvalue weighted by Gasteiger charge is -2.21. The molecule has 13 rings (SSSR count). The van der Waals surface area contributed by atoms with Gasteiger partial charge in [-0.25, -0.2) is 9.97 Å². The van der Waals surface area contributed by atoms with Crippen LogP contribution < -0.4 is 0 Å². The van der Waals surface area contributed by atoms with Crippen molar-refractivity contribution in [1.29, 1.82) is 0 Å². The van der Waals surface area contributed by atoms with Gasteiger partial charge in [0.2, 0.25) is 0 Å². The first-order valence-corrected chi connectivity index (χ1v) is 22.7. The molecule has 0 saturated carbocycles. The molecule has 2 aliphatic rings. The summed E-state index contributed by atoms with van der Waals surface area (Å²) >= 11 is 0. The SMILES string of the molecule is CC1(C)c2ccccc2-c2cc3c4cc(-c5ccc6c(c5)c5c(n6-c6ccccc6)CCC=C5)ccc4n(-c4cccc(-c5nc(-c6ccccc6)cc(-c6ccccc6)n5)c4)c3cc21. The minimum atomic E-state index is -0.146. The average molecular weight is 833 g/mol. The maximum absolute atomic E-state index is 5.22. The van der Waals surface area contributed by atoms with Crippen LogP contribution in [0.5, 0.6) is 0 Å². The van der Waals surface area contributed by atoms with Crippen molar-refractivity contribution in [2.45, 2.75) is 32.1 Å². The van der Waals surface area contributed by atoms with Gasteiger partial charge in [0.25, 0.3) is 0 Å². The lowest BCUT2D eigenvalue weighted by molar-refractivity contribution is 0.661. The van der Waals surface area contributed by atoms with Gasteiger partial charge in [0, 0.05) is 60.9 Å². The van der Waals surface area contributed by atoms with Gasteiger partial charge in [-0.1, -0.05) is 153 Å². The molecule has 0 amide bonds. The van der Waals surface area contributed by atoms with E-state index < -0.39 is 0 Å². The number of allylic oxidation sites excluding steroid dienone is 1. The van der Waals surface area contributed by atoms with E-state index in [1.807, 2.05) is 12.1 Å². The van der Waals surface area contributed by atoms with Crippen LogP contribution in [-0.4, -0.2) is 19.1 Å². The molecule has 0 unspecified atom stereocenters. The molecule has 308 valence electrons. The van der Waals surface area contributed by atoms with Crippen LogP contribution in [0.4, 0.5) is 0 Å². The molecule has 3 heterocycles. The van der Waals surface area contributed by atoms with Crippen molar-refractivity contribution in [2.75, 3.05) is 0 Å². The predicted octanol–water partition coefficient (Wildman–Crippen LogP) is 15.5. The fourth-order valence-corrected chi connectivity index (χ4v) is 10.8. The Balaban J connectivity index is 1.01. The Kier molecular flexibility index (Phi) is 8.35. The molecule has 4 nitrogen and oxygen atoms in total. The Labute approximate surface area is 378 Å². The zero-order chi connectivity index (χ0) is 43.2. The molecule has 0 fully saturated rings. The fraction of sp³-hybridized carbons (Fsp3) is 0.0820. The van der Waals surface area contributed by atoms with E-state index in [0.29, 0.717) is 5.82 Å². The minimum absolute atomic E-state index is 0.146. The van der Waals surface area contributed by atoms with Crippen LogP contribution in [0.1, 0.15) is 42.7 Å². The summed E-state index contributed by atoms with van der Waals surface area (Å²) in [5.74, 6) is 0.695. The number of hydrogen-bond acceptors (Lipinski definition) is 2. The zero-order valence-electron chi connectivity index (χ0n) is 36.3. The monoisotopic (exact) mass is 832 g/mol. The average Bonchev–Trinajstić information content (AvgIpc) is 3.96. The van der Waals surface area contributed by atoms with E-state index in [2.05, 4.69) is 217 Å². The largest absolute Gasteiger partial charge is 0.313 e. The van der Waals surface area contributed by atoms with Gasteiger partial charge in [0.15, 0.2) is 5.82 Å². The van der Waals surface area contributed by atoms with E-state index in [4.69, 9.17) is 9.97 Å². The molecule has 0 atom stereocenters. The minimum Gasteiger partial charge on any atom is -0.313 e. The van der Waals surface area contributed by atoms with Crippen LogP contribution in [0.3, 0.4) is 0 Å². The smallest absolute Gasteiger partial charge is 0.160 e. The van der Waals surface area contributed by atoms with Crippen molar-refractivity contribution in [3.05, 3.63) is 223 Å². The lowest BCUT2D eigenvalue weighted by atomic mass is 9.82. The standard InChI is InChI=1S/C61H44N4/c1-61(2)52-27-14-12-25-46(52)48-36-51-50-35-42(41-29-31-57-49(34-41)47-26-13-15-28-56(47)64(57)44-22-10-5-11-23-44)30-32-58(50)65(59(51)37-53(48)61)45-24-16-21-43(33-45)60-62-54(39-17-6-3-7-18-39)38-55(63-60)40-19-8-4-9-20-40/h3-14,16-27,29-38H,15,28H2,1-2H3.